The molecule has 0 amide bonds. The summed E-state index contributed by atoms with van der Waals surface area (Å²) in [5.74, 6) is 0.513. The topological polar surface area (TPSA) is 21.3 Å². The average molecular weight is 328 g/mol. The molecule has 108 valence electrons. The van der Waals surface area contributed by atoms with Crippen LogP contribution >= 0.6 is 15.9 Å². The number of rotatable bonds is 8. The van der Waals surface area contributed by atoms with E-state index < -0.39 is 0 Å². The van der Waals surface area contributed by atoms with Crippen molar-refractivity contribution >= 4 is 15.9 Å². The van der Waals surface area contributed by atoms with Gasteiger partial charge < -0.3 is 10.1 Å². The zero-order chi connectivity index (χ0) is 14.3. The molecule has 0 saturated carbocycles. The summed E-state index contributed by atoms with van der Waals surface area (Å²) in [4.78, 5) is 0. The summed E-state index contributed by atoms with van der Waals surface area (Å²) >= 11 is 3.48. The van der Waals surface area contributed by atoms with E-state index in [2.05, 4.69) is 73.2 Å². The average Bonchev–Trinajstić information content (AvgIpc) is 2.38. The number of likely N-dealkylation sites (N-methyl/N-ethyl adjacent to an activating group) is 1. The molecule has 0 aliphatic carbocycles. The summed E-state index contributed by atoms with van der Waals surface area (Å²) in [5, 5.41) is 3.58. The van der Waals surface area contributed by atoms with Gasteiger partial charge in [0.25, 0.3) is 0 Å². The van der Waals surface area contributed by atoms with Gasteiger partial charge in [-0.3, -0.25) is 0 Å². The van der Waals surface area contributed by atoms with Gasteiger partial charge in [-0.05, 0) is 43.5 Å². The van der Waals surface area contributed by atoms with Gasteiger partial charge >= 0.3 is 0 Å². The van der Waals surface area contributed by atoms with Crippen LogP contribution in [0.2, 0.25) is 0 Å². The van der Waals surface area contributed by atoms with Crippen LogP contribution in [0.5, 0.6) is 0 Å². The molecule has 1 N–H and O–H groups in total. The van der Waals surface area contributed by atoms with E-state index in [9.17, 15) is 0 Å². The first-order valence-electron chi connectivity index (χ1n) is 7.17. The van der Waals surface area contributed by atoms with Gasteiger partial charge in [0.05, 0.1) is 6.10 Å². The minimum atomic E-state index is 0.258. The lowest BCUT2D eigenvalue weighted by Crippen LogP contribution is -2.45. The van der Waals surface area contributed by atoms with Gasteiger partial charge in [0.15, 0.2) is 0 Å². The third-order valence-electron chi connectivity index (χ3n) is 3.25. The molecule has 0 spiro atoms. The van der Waals surface area contributed by atoms with Gasteiger partial charge in [-0.2, -0.15) is 0 Å². The van der Waals surface area contributed by atoms with Crippen LogP contribution in [0.1, 0.15) is 33.3 Å². The second kappa shape index (κ2) is 8.72. The molecule has 0 aliphatic rings. The molecule has 0 fully saturated rings. The number of hydrogen-bond acceptors (Lipinski definition) is 2. The standard InChI is InChI=1S/C16H26BrNO/c1-5-18-15(16(12(3)4)19-6-2)11-13-7-9-14(17)10-8-13/h7-10,12,15-16,18H,5-6,11H2,1-4H3. The van der Waals surface area contributed by atoms with Crippen LogP contribution in [0.15, 0.2) is 28.7 Å². The Morgan fingerprint density at radius 3 is 2.26 bits per heavy atom. The molecule has 0 aliphatic heterocycles. The smallest absolute Gasteiger partial charge is 0.0753 e. The third-order valence-corrected chi connectivity index (χ3v) is 3.78. The molecule has 1 aromatic carbocycles. The van der Waals surface area contributed by atoms with Crippen molar-refractivity contribution in [1.82, 2.24) is 5.32 Å². The lowest BCUT2D eigenvalue weighted by Gasteiger charge is -2.31. The van der Waals surface area contributed by atoms with Crippen molar-refractivity contribution in [3.05, 3.63) is 34.3 Å². The highest BCUT2D eigenvalue weighted by Crippen LogP contribution is 2.17. The molecule has 0 aromatic heterocycles. The van der Waals surface area contributed by atoms with Gasteiger partial charge in [-0.1, -0.05) is 48.8 Å². The second-order valence-electron chi connectivity index (χ2n) is 5.16. The van der Waals surface area contributed by atoms with Crippen molar-refractivity contribution in [2.45, 2.75) is 46.3 Å². The van der Waals surface area contributed by atoms with Crippen molar-refractivity contribution in [3.8, 4) is 0 Å². The van der Waals surface area contributed by atoms with E-state index in [1.165, 1.54) is 5.56 Å². The number of hydrogen-bond donors (Lipinski definition) is 1. The molecule has 0 bridgehead atoms. The van der Waals surface area contributed by atoms with E-state index in [1.54, 1.807) is 0 Å². The fourth-order valence-corrected chi connectivity index (χ4v) is 2.67. The Morgan fingerprint density at radius 2 is 1.79 bits per heavy atom. The van der Waals surface area contributed by atoms with E-state index in [-0.39, 0.29) is 6.10 Å². The highest BCUT2D eigenvalue weighted by atomic mass is 79.9. The maximum Gasteiger partial charge on any atom is 0.0753 e. The molecule has 0 heterocycles. The molecule has 2 atom stereocenters. The Bertz CT molecular complexity index is 350. The lowest BCUT2D eigenvalue weighted by molar-refractivity contribution is 0.00395. The minimum Gasteiger partial charge on any atom is -0.377 e. The quantitative estimate of drug-likeness (QED) is 0.778. The van der Waals surface area contributed by atoms with Crippen molar-refractivity contribution < 1.29 is 4.74 Å². The van der Waals surface area contributed by atoms with Gasteiger partial charge in [0.2, 0.25) is 0 Å². The first kappa shape index (κ1) is 16.7. The van der Waals surface area contributed by atoms with Crippen LogP contribution in [-0.4, -0.2) is 25.3 Å². The Hall–Kier alpha value is -0.380. The molecule has 0 radical (unpaired) electrons. The molecule has 3 heteroatoms. The Labute approximate surface area is 126 Å². The first-order chi connectivity index (χ1) is 9.08. The molecular formula is C16H26BrNO. The van der Waals surface area contributed by atoms with Crippen LogP contribution in [0.3, 0.4) is 0 Å². The maximum absolute atomic E-state index is 5.94. The predicted molar refractivity (Wildman–Crippen MR) is 85.6 cm³/mol. The number of nitrogens with one attached hydrogen (secondary N) is 1. The van der Waals surface area contributed by atoms with Crippen LogP contribution in [-0.2, 0) is 11.2 Å². The zero-order valence-electron chi connectivity index (χ0n) is 12.4. The second-order valence-corrected chi connectivity index (χ2v) is 6.07. The van der Waals surface area contributed by atoms with E-state index in [0.717, 1.165) is 24.0 Å². The highest BCUT2D eigenvalue weighted by molar-refractivity contribution is 9.10. The summed E-state index contributed by atoms with van der Waals surface area (Å²) < 4.78 is 7.07. The van der Waals surface area contributed by atoms with E-state index in [4.69, 9.17) is 4.74 Å². The molecule has 0 saturated heterocycles. The van der Waals surface area contributed by atoms with Crippen LogP contribution in [0.4, 0.5) is 0 Å². The fraction of sp³-hybridized carbons (Fsp3) is 0.625. The summed E-state index contributed by atoms with van der Waals surface area (Å²) in [6.45, 7) is 10.4. The predicted octanol–water partition coefficient (Wildman–Crippen LogP) is 4.03. The van der Waals surface area contributed by atoms with Crippen molar-refractivity contribution in [1.29, 1.82) is 0 Å². The lowest BCUT2D eigenvalue weighted by atomic mass is 9.94. The van der Waals surface area contributed by atoms with E-state index >= 15 is 0 Å². The number of benzene rings is 1. The van der Waals surface area contributed by atoms with Crippen molar-refractivity contribution in [2.75, 3.05) is 13.2 Å². The third kappa shape index (κ3) is 5.64. The van der Waals surface area contributed by atoms with Crippen LogP contribution in [0.25, 0.3) is 0 Å². The van der Waals surface area contributed by atoms with Gasteiger partial charge in [-0.25, -0.2) is 0 Å². The first-order valence-corrected chi connectivity index (χ1v) is 7.97. The number of halogens is 1. The Kier molecular flexibility index (Phi) is 7.66. The van der Waals surface area contributed by atoms with Crippen LogP contribution < -0.4 is 5.32 Å². The SMILES string of the molecule is CCNC(Cc1ccc(Br)cc1)C(OCC)C(C)C. The summed E-state index contributed by atoms with van der Waals surface area (Å²) in [6.07, 6.45) is 1.26. The molecular weight excluding hydrogens is 302 g/mol. The minimum absolute atomic E-state index is 0.258. The van der Waals surface area contributed by atoms with E-state index in [1.807, 2.05) is 0 Å². The Balaban J connectivity index is 2.77. The zero-order valence-corrected chi connectivity index (χ0v) is 14.0. The fourth-order valence-electron chi connectivity index (χ4n) is 2.41. The van der Waals surface area contributed by atoms with Crippen LogP contribution in [0, 0.1) is 5.92 Å². The van der Waals surface area contributed by atoms with Crippen molar-refractivity contribution in [2.24, 2.45) is 5.92 Å². The monoisotopic (exact) mass is 327 g/mol. The summed E-state index contributed by atoms with van der Waals surface area (Å²) in [6, 6.07) is 8.92. The molecule has 1 aromatic rings. The van der Waals surface area contributed by atoms with Gasteiger partial charge in [0, 0.05) is 17.1 Å². The maximum atomic E-state index is 5.94. The molecule has 1 rings (SSSR count). The molecule has 2 unspecified atom stereocenters. The van der Waals surface area contributed by atoms with E-state index in [0.29, 0.717) is 12.0 Å². The van der Waals surface area contributed by atoms with Gasteiger partial charge in [-0.15, -0.1) is 0 Å². The summed E-state index contributed by atoms with van der Waals surface area (Å²) in [7, 11) is 0. The highest BCUT2D eigenvalue weighted by Gasteiger charge is 2.24. The summed E-state index contributed by atoms with van der Waals surface area (Å²) in [5.41, 5.74) is 1.35. The number of ether oxygens (including phenoxy) is 1. The van der Waals surface area contributed by atoms with Gasteiger partial charge in [0.1, 0.15) is 0 Å². The molecule has 19 heavy (non-hydrogen) atoms. The normalized spacial score (nSPS) is 14.6. The largest absolute Gasteiger partial charge is 0.377 e. The van der Waals surface area contributed by atoms with Crippen molar-refractivity contribution in [3.63, 3.8) is 0 Å². The Morgan fingerprint density at radius 1 is 1.16 bits per heavy atom. The molecule has 2 nitrogen and oxygen atoms in total.